The highest BCUT2D eigenvalue weighted by molar-refractivity contribution is 6.25. The van der Waals surface area contributed by atoms with Crippen LogP contribution >= 0.6 is 0 Å². The Balaban J connectivity index is 1.40. The SMILES string of the molecule is C=Cc1ccc(N2C(=O)C3CC=C4C(c5ccc(O)c6ccccc56)C5=C(CC4C3C2=O)C(=O)C=C(C)C5=O)cc1. The first-order valence-corrected chi connectivity index (χ1v) is 13.8. The summed E-state index contributed by atoms with van der Waals surface area (Å²) in [6, 6.07) is 18.0. The molecule has 0 aromatic heterocycles. The lowest BCUT2D eigenvalue weighted by Gasteiger charge is -2.42. The summed E-state index contributed by atoms with van der Waals surface area (Å²) in [5.41, 5.74) is 4.33. The van der Waals surface area contributed by atoms with Crippen LogP contribution in [0.25, 0.3) is 16.8 Å². The van der Waals surface area contributed by atoms with Gasteiger partial charge in [0.05, 0.1) is 17.5 Å². The molecule has 3 aliphatic carbocycles. The van der Waals surface area contributed by atoms with Crippen LogP contribution in [0.1, 0.15) is 36.8 Å². The van der Waals surface area contributed by atoms with Crippen molar-refractivity contribution < 1.29 is 24.3 Å². The average molecular weight is 542 g/mol. The van der Waals surface area contributed by atoms with Crippen LogP contribution in [-0.2, 0) is 19.2 Å². The third-order valence-electron chi connectivity index (χ3n) is 9.20. The molecular formula is C35H27NO5. The molecule has 0 saturated carbocycles. The molecule has 1 saturated heterocycles. The first-order chi connectivity index (χ1) is 19.8. The molecule has 4 atom stereocenters. The summed E-state index contributed by atoms with van der Waals surface area (Å²) in [5, 5.41) is 12.0. The third kappa shape index (κ3) is 3.56. The zero-order valence-electron chi connectivity index (χ0n) is 22.5. The van der Waals surface area contributed by atoms with Crippen molar-refractivity contribution in [2.24, 2.45) is 17.8 Å². The topological polar surface area (TPSA) is 91.8 Å². The number of imide groups is 1. The summed E-state index contributed by atoms with van der Waals surface area (Å²) in [4.78, 5) is 56.1. The van der Waals surface area contributed by atoms with Gasteiger partial charge in [-0.1, -0.05) is 66.8 Å². The number of phenols is 1. The van der Waals surface area contributed by atoms with Gasteiger partial charge in [0.15, 0.2) is 11.6 Å². The van der Waals surface area contributed by atoms with Crippen molar-refractivity contribution in [3.05, 3.63) is 113 Å². The van der Waals surface area contributed by atoms with E-state index in [0.717, 1.165) is 22.1 Å². The number of ketones is 2. The maximum atomic E-state index is 14.1. The Kier molecular flexibility index (Phi) is 5.58. The molecule has 4 aliphatic rings. The second-order valence-electron chi connectivity index (χ2n) is 11.3. The number of anilines is 1. The number of carbonyl (C=O) groups excluding carboxylic acids is 4. The molecule has 0 bridgehead atoms. The van der Waals surface area contributed by atoms with Crippen LogP contribution in [0.15, 0.2) is 102 Å². The van der Waals surface area contributed by atoms with Crippen LogP contribution in [0.4, 0.5) is 5.69 Å². The van der Waals surface area contributed by atoms with Gasteiger partial charge in [-0.2, -0.15) is 0 Å². The number of amides is 2. The molecule has 1 aliphatic heterocycles. The van der Waals surface area contributed by atoms with E-state index < -0.39 is 23.7 Å². The maximum absolute atomic E-state index is 14.1. The molecule has 6 nitrogen and oxygen atoms in total. The van der Waals surface area contributed by atoms with Gasteiger partial charge in [0.25, 0.3) is 0 Å². The molecule has 202 valence electrons. The predicted molar refractivity (Wildman–Crippen MR) is 156 cm³/mol. The third-order valence-corrected chi connectivity index (χ3v) is 9.20. The van der Waals surface area contributed by atoms with Gasteiger partial charge < -0.3 is 5.11 Å². The fourth-order valence-corrected chi connectivity index (χ4v) is 7.29. The molecule has 41 heavy (non-hydrogen) atoms. The van der Waals surface area contributed by atoms with Gasteiger partial charge in [-0.15, -0.1) is 0 Å². The van der Waals surface area contributed by atoms with E-state index in [1.54, 1.807) is 31.2 Å². The van der Waals surface area contributed by atoms with Gasteiger partial charge in [-0.05, 0) is 66.5 Å². The van der Waals surface area contributed by atoms with Crippen LogP contribution in [0.5, 0.6) is 5.75 Å². The van der Waals surface area contributed by atoms with E-state index in [2.05, 4.69) is 6.58 Å². The Bertz CT molecular complexity index is 1820. The Morgan fingerprint density at radius 2 is 1.63 bits per heavy atom. The van der Waals surface area contributed by atoms with Crippen molar-refractivity contribution in [3.8, 4) is 5.75 Å². The number of aromatic hydroxyl groups is 1. The number of carbonyl (C=O) groups is 4. The monoisotopic (exact) mass is 541 g/mol. The number of allylic oxidation sites excluding steroid dienone is 6. The fourth-order valence-electron chi connectivity index (χ4n) is 7.29. The largest absolute Gasteiger partial charge is 0.507 e. The van der Waals surface area contributed by atoms with Crippen molar-refractivity contribution >= 4 is 45.9 Å². The molecule has 4 unspecified atom stereocenters. The Labute approximate surface area is 237 Å². The highest BCUT2D eigenvalue weighted by atomic mass is 16.3. The van der Waals surface area contributed by atoms with Crippen LogP contribution < -0.4 is 4.90 Å². The van der Waals surface area contributed by atoms with Gasteiger partial charge in [0.1, 0.15) is 5.75 Å². The molecule has 0 radical (unpaired) electrons. The van der Waals surface area contributed by atoms with E-state index in [4.69, 9.17) is 0 Å². The summed E-state index contributed by atoms with van der Waals surface area (Å²) in [5.74, 6) is -2.96. The Hall–Kier alpha value is -4.84. The van der Waals surface area contributed by atoms with Crippen LogP contribution in [-0.4, -0.2) is 28.5 Å². The van der Waals surface area contributed by atoms with E-state index in [-0.39, 0.29) is 35.6 Å². The van der Waals surface area contributed by atoms with Crippen molar-refractivity contribution in [2.75, 3.05) is 4.90 Å². The summed E-state index contributed by atoms with van der Waals surface area (Å²) in [7, 11) is 0. The van der Waals surface area contributed by atoms with Crippen LogP contribution in [0, 0.1) is 17.8 Å². The fraction of sp³-hybridized carbons (Fsp3) is 0.200. The number of Topliss-reactive ketones (excluding diaryl/α,β-unsaturated/α-hetero) is 1. The number of nitrogens with zero attached hydrogens (tertiary/aromatic N) is 1. The lowest BCUT2D eigenvalue weighted by atomic mass is 9.59. The molecule has 7 rings (SSSR count). The first-order valence-electron chi connectivity index (χ1n) is 13.8. The highest BCUT2D eigenvalue weighted by Crippen LogP contribution is 2.56. The molecule has 1 fully saturated rings. The van der Waals surface area contributed by atoms with Crippen molar-refractivity contribution in [1.82, 2.24) is 0 Å². The molecule has 3 aromatic carbocycles. The van der Waals surface area contributed by atoms with E-state index >= 15 is 0 Å². The zero-order chi connectivity index (χ0) is 28.6. The average Bonchev–Trinajstić information content (AvgIpc) is 3.25. The van der Waals surface area contributed by atoms with E-state index in [1.165, 1.54) is 11.0 Å². The standard InChI is InChI=1S/C35H27NO5/c1-3-19-8-10-20(11-9-19)36-34(40)25-13-12-24-26(31(25)35(36)41)17-27-29(38)16-18(2)33(39)32(27)30(24)23-14-15-28(37)22-7-5-4-6-21(22)23/h3-12,14-16,25-26,30-31,37H,1,13,17H2,2H3. The van der Waals surface area contributed by atoms with E-state index in [0.29, 0.717) is 34.2 Å². The number of hydrogen-bond donors (Lipinski definition) is 1. The second kappa shape index (κ2) is 9.10. The normalized spacial score (nSPS) is 25.5. The van der Waals surface area contributed by atoms with Gasteiger partial charge in [0, 0.05) is 28.0 Å². The van der Waals surface area contributed by atoms with Crippen LogP contribution in [0.3, 0.4) is 0 Å². The zero-order valence-corrected chi connectivity index (χ0v) is 22.5. The molecular weight excluding hydrogens is 514 g/mol. The van der Waals surface area contributed by atoms with Crippen molar-refractivity contribution in [2.45, 2.75) is 25.7 Å². The van der Waals surface area contributed by atoms with Gasteiger partial charge in [0.2, 0.25) is 11.8 Å². The number of phenolic OH excluding ortho intramolecular Hbond substituents is 1. The minimum Gasteiger partial charge on any atom is -0.507 e. The molecule has 1 heterocycles. The molecule has 3 aromatic rings. The smallest absolute Gasteiger partial charge is 0.238 e. The first kappa shape index (κ1) is 25.1. The van der Waals surface area contributed by atoms with Gasteiger partial charge in [-0.3, -0.25) is 24.1 Å². The number of benzene rings is 3. The van der Waals surface area contributed by atoms with Gasteiger partial charge in [-0.25, -0.2) is 0 Å². The highest BCUT2D eigenvalue weighted by Gasteiger charge is 2.56. The molecule has 0 spiro atoms. The van der Waals surface area contributed by atoms with Gasteiger partial charge >= 0.3 is 0 Å². The maximum Gasteiger partial charge on any atom is 0.238 e. The number of hydrogen-bond acceptors (Lipinski definition) is 5. The minimum atomic E-state index is -0.642. The predicted octanol–water partition coefficient (Wildman–Crippen LogP) is 5.82. The summed E-state index contributed by atoms with van der Waals surface area (Å²) >= 11 is 0. The summed E-state index contributed by atoms with van der Waals surface area (Å²) in [6.07, 6.45) is 5.70. The summed E-state index contributed by atoms with van der Waals surface area (Å²) < 4.78 is 0. The molecule has 1 N–H and O–H groups in total. The lowest BCUT2D eigenvalue weighted by Crippen LogP contribution is -2.39. The van der Waals surface area contributed by atoms with Crippen molar-refractivity contribution in [3.63, 3.8) is 0 Å². The lowest BCUT2D eigenvalue weighted by molar-refractivity contribution is -0.123. The number of fused-ring (bicyclic) bond motifs is 4. The summed E-state index contributed by atoms with van der Waals surface area (Å²) in [6.45, 7) is 5.42. The quantitative estimate of drug-likeness (QED) is 0.256. The van der Waals surface area contributed by atoms with Crippen LogP contribution in [0.2, 0.25) is 0 Å². The van der Waals surface area contributed by atoms with Crippen molar-refractivity contribution in [1.29, 1.82) is 0 Å². The van der Waals surface area contributed by atoms with E-state index in [9.17, 15) is 24.3 Å². The van der Waals surface area contributed by atoms with E-state index in [1.807, 2.05) is 48.5 Å². The Morgan fingerprint density at radius 1 is 0.902 bits per heavy atom. The second-order valence-corrected chi connectivity index (χ2v) is 11.3. The number of rotatable bonds is 3. The Morgan fingerprint density at radius 3 is 2.37 bits per heavy atom. The molecule has 2 amide bonds. The molecule has 6 heteroatoms. The minimum absolute atomic E-state index is 0.125.